The molecule has 2 aromatic rings. The van der Waals surface area contributed by atoms with Gasteiger partial charge in [0.2, 0.25) is 0 Å². The van der Waals surface area contributed by atoms with Crippen molar-refractivity contribution in [3.05, 3.63) is 75.3 Å². The van der Waals surface area contributed by atoms with E-state index in [4.69, 9.17) is 5.11 Å². The summed E-state index contributed by atoms with van der Waals surface area (Å²) in [5, 5.41) is 23.5. The van der Waals surface area contributed by atoms with Gasteiger partial charge in [-0.1, -0.05) is 42.5 Å². The van der Waals surface area contributed by atoms with Crippen LogP contribution in [0.5, 0.6) is 0 Å². The van der Waals surface area contributed by atoms with Crippen LogP contribution in [0.4, 0.5) is 5.69 Å². The molecule has 0 bridgehead atoms. The van der Waals surface area contributed by atoms with Gasteiger partial charge in [0.1, 0.15) is 0 Å². The molecule has 0 aliphatic rings. The summed E-state index contributed by atoms with van der Waals surface area (Å²) in [6.45, 7) is 2.44. The van der Waals surface area contributed by atoms with Gasteiger partial charge in [0.25, 0.3) is 5.69 Å². The maximum atomic E-state index is 11.0. The minimum absolute atomic E-state index is 0.115. The number of nitro groups is 1. The van der Waals surface area contributed by atoms with Crippen LogP contribution in [0.3, 0.4) is 0 Å². The SMILES string of the molecule is Cc1ccc(CNC(CCCO)c2ccccc2)cc1[N+](=O)[O-]. The third-order valence-electron chi connectivity index (χ3n) is 3.88. The molecule has 0 heterocycles. The number of nitrogens with one attached hydrogen (secondary N) is 1. The maximum absolute atomic E-state index is 11.0. The molecule has 1 unspecified atom stereocenters. The zero-order valence-corrected chi connectivity index (χ0v) is 13.2. The van der Waals surface area contributed by atoms with Crippen molar-refractivity contribution in [3.8, 4) is 0 Å². The largest absolute Gasteiger partial charge is 0.396 e. The van der Waals surface area contributed by atoms with Crippen LogP contribution in [0.25, 0.3) is 0 Å². The molecule has 122 valence electrons. The summed E-state index contributed by atoms with van der Waals surface area (Å²) in [4.78, 5) is 10.7. The average Bonchev–Trinajstić information content (AvgIpc) is 2.57. The van der Waals surface area contributed by atoms with E-state index in [0.717, 1.165) is 17.5 Å². The first-order valence-corrected chi connectivity index (χ1v) is 7.75. The Morgan fingerprint density at radius 2 is 1.96 bits per heavy atom. The fourth-order valence-corrected chi connectivity index (χ4v) is 2.57. The zero-order valence-electron chi connectivity index (χ0n) is 13.2. The van der Waals surface area contributed by atoms with E-state index in [1.165, 1.54) is 0 Å². The summed E-state index contributed by atoms with van der Waals surface area (Å²) in [6, 6.07) is 15.5. The number of hydrogen-bond acceptors (Lipinski definition) is 4. The highest BCUT2D eigenvalue weighted by molar-refractivity contribution is 5.42. The van der Waals surface area contributed by atoms with Crippen LogP contribution in [0.2, 0.25) is 0 Å². The molecule has 0 aliphatic carbocycles. The Hall–Kier alpha value is -2.24. The average molecular weight is 314 g/mol. The van der Waals surface area contributed by atoms with Gasteiger partial charge in [-0.25, -0.2) is 0 Å². The molecular formula is C18H22N2O3. The molecule has 0 aliphatic heterocycles. The van der Waals surface area contributed by atoms with Crippen molar-refractivity contribution in [1.82, 2.24) is 5.32 Å². The number of aryl methyl sites for hydroxylation is 1. The molecule has 0 spiro atoms. The Labute approximate surface area is 136 Å². The van der Waals surface area contributed by atoms with Gasteiger partial charge in [-0.3, -0.25) is 10.1 Å². The zero-order chi connectivity index (χ0) is 16.7. The highest BCUT2D eigenvalue weighted by atomic mass is 16.6. The van der Waals surface area contributed by atoms with E-state index in [1.54, 1.807) is 19.1 Å². The van der Waals surface area contributed by atoms with Crippen LogP contribution in [0, 0.1) is 17.0 Å². The van der Waals surface area contributed by atoms with E-state index >= 15 is 0 Å². The molecule has 1 atom stereocenters. The van der Waals surface area contributed by atoms with Crippen molar-refractivity contribution in [3.63, 3.8) is 0 Å². The van der Waals surface area contributed by atoms with Gasteiger partial charge in [0.15, 0.2) is 0 Å². The summed E-state index contributed by atoms with van der Waals surface area (Å²) in [5.41, 5.74) is 2.85. The normalized spacial score (nSPS) is 12.1. The van der Waals surface area contributed by atoms with Crippen LogP contribution in [0.15, 0.2) is 48.5 Å². The molecule has 0 saturated carbocycles. The maximum Gasteiger partial charge on any atom is 0.272 e. The van der Waals surface area contributed by atoms with Gasteiger partial charge in [0, 0.05) is 30.8 Å². The molecule has 2 aromatic carbocycles. The summed E-state index contributed by atoms with van der Waals surface area (Å²) >= 11 is 0. The molecule has 23 heavy (non-hydrogen) atoms. The fraction of sp³-hybridized carbons (Fsp3) is 0.333. The Balaban J connectivity index is 2.09. The molecule has 2 rings (SSSR count). The topological polar surface area (TPSA) is 75.4 Å². The minimum Gasteiger partial charge on any atom is -0.396 e. The van der Waals surface area contributed by atoms with E-state index in [-0.39, 0.29) is 23.3 Å². The van der Waals surface area contributed by atoms with Crippen molar-refractivity contribution in [2.75, 3.05) is 6.61 Å². The molecule has 0 amide bonds. The molecule has 0 aromatic heterocycles. The van der Waals surface area contributed by atoms with Crippen LogP contribution < -0.4 is 5.32 Å². The standard InChI is InChI=1S/C18H22N2O3/c1-14-9-10-15(12-18(14)20(22)23)13-19-17(8-5-11-21)16-6-3-2-4-7-16/h2-4,6-7,9-10,12,17,19,21H,5,8,11,13H2,1H3. The van der Waals surface area contributed by atoms with Gasteiger partial charge in [0.05, 0.1) is 4.92 Å². The summed E-state index contributed by atoms with van der Waals surface area (Å²) < 4.78 is 0. The molecule has 2 N–H and O–H groups in total. The van der Waals surface area contributed by atoms with Gasteiger partial charge >= 0.3 is 0 Å². The Bertz CT molecular complexity index is 644. The van der Waals surface area contributed by atoms with Gasteiger partial charge in [-0.2, -0.15) is 0 Å². The van der Waals surface area contributed by atoms with Crippen molar-refractivity contribution < 1.29 is 10.0 Å². The van der Waals surface area contributed by atoms with E-state index < -0.39 is 0 Å². The third-order valence-corrected chi connectivity index (χ3v) is 3.88. The smallest absolute Gasteiger partial charge is 0.272 e. The molecule has 5 nitrogen and oxygen atoms in total. The second kappa shape index (κ2) is 8.41. The first-order valence-electron chi connectivity index (χ1n) is 7.75. The predicted octanol–water partition coefficient (Wildman–Crippen LogP) is 3.51. The van der Waals surface area contributed by atoms with Gasteiger partial charge in [-0.15, -0.1) is 0 Å². The molecule has 0 saturated heterocycles. The molecule has 5 heteroatoms. The summed E-state index contributed by atoms with van der Waals surface area (Å²) in [7, 11) is 0. The Morgan fingerprint density at radius 1 is 1.22 bits per heavy atom. The molecule has 0 fully saturated rings. The number of aliphatic hydroxyl groups excluding tert-OH is 1. The monoisotopic (exact) mass is 314 g/mol. The fourth-order valence-electron chi connectivity index (χ4n) is 2.57. The van der Waals surface area contributed by atoms with E-state index in [0.29, 0.717) is 18.5 Å². The highest BCUT2D eigenvalue weighted by Gasteiger charge is 2.13. The number of nitro benzene ring substituents is 1. The first kappa shape index (κ1) is 17.1. The number of hydrogen-bond donors (Lipinski definition) is 2. The number of rotatable bonds is 8. The molecular weight excluding hydrogens is 292 g/mol. The Kier molecular flexibility index (Phi) is 6.26. The minimum atomic E-state index is -0.348. The third kappa shape index (κ3) is 4.87. The lowest BCUT2D eigenvalue weighted by Crippen LogP contribution is -2.21. The predicted molar refractivity (Wildman–Crippen MR) is 90.2 cm³/mol. The van der Waals surface area contributed by atoms with Crippen molar-refractivity contribution in [2.24, 2.45) is 0 Å². The molecule has 0 radical (unpaired) electrons. The summed E-state index contributed by atoms with van der Waals surface area (Å²) in [6.07, 6.45) is 1.52. The second-order valence-corrected chi connectivity index (χ2v) is 5.59. The lowest BCUT2D eigenvalue weighted by Gasteiger charge is -2.19. The van der Waals surface area contributed by atoms with Crippen LogP contribution in [-0.2, 0) is 6.54 Å². The van der Waals surface area contributed by atoms with Crippen LogP contribution in [-0.4, -0.2) is 16.6 Å². The van der Waals surface area contributed by atoms with Crippen molar-refractivity contribution in [1.29, 1.82) is 0 Å². The highest BCUT2D eigenvalue weighted by Crippen LogP contribution is 2.22. The summed E-state index contributed by atoms with van der Waals surface area (Å²) in [5.74, 6) is 0. The number of aliphatic hydroxyl groups is 1. The quantitative estimate of drug-likeness (QED) is 0.577. The van der Waals surface area contributed by atoms with E-state index in [2.05, 4.69) is 5.32 Å². The van der Waals surface area contributed by atoms with Crippen LogP contribution in [0.1, 0.15) is 35.6 Å². The van der Waals surface area contributed by atoms with Crippen molar-refractivity contribution in [2.45, 2.75) is 32.4 Å². The lowest BCUT2D eigenvalue weighted by molar-refractivity contribution is -0.385. The number of benzene rings is 2. The lowest BCUT2D eigenvalue weighted by atomic mass is 10.0. The second-order valence-electron chi connectivity index (χ2n) is 5.59. The van der Waals surface area contributed by atoms with Crippen molar-refractivity contribution >= 4 is 5.69 Å². The Morgan fingerprint density at radius 3 is 2.61 bits per heavy atom. The van der Waals surface area contributed by atoms with Crippen LogP contribution >= 0.6 is 0 Å². The van der Waals surface area contributed by atoms with Gasteiger partial charge < -0.3 is 10.4 Å². The number of nitrogens with zero attached hydrogens (tertiary/aromatic N) is 1. The van der Waals surface area contributed by atoms with E-state index in [1.807, 2.05) is 36.4 Å². The van der Waals surface area contributed by atoms with Gasteiger partial charge in [-0.05, 0) is 30.9 Å². The first-order chi connectivity index (χ1) is 11.1. The van der Waals surface area contributed by atoms with E-state index in [9.17, 15) is 10.1 Å².